The lowest BCUT2D eigenvalue weighted by Gasteiger charge is -2.32. The summed E-state index contributed by atoms with van der Waals surface area (Å²) in [5.74, 6) is -3.71. The van der Waals surface area contributed by atoms with Crippen LogP contribution in [-0.4, -0.2) is 171 Å². The molecule has 0 saturated carbocycles. The zero-order valence-corrected chi connectivity index (χ0v) is 44.5. The summed E-state index contributed by atoms with van der Waals surface area (Å²) in [7, 11) is 0. The Morgan fingerprint density at radius 1 is 0.785 bits per heavy atom. The molecule has 0 aliphatic carbocycles. The van der Waals surface area contributed by atoms with Crippen LogP contribution in [0.5, 0.6) is 11.5 Å². The number of carbonyl (C=O) groups excluding carboxylic acids is 8. The molecule has 3 aromatic rings. The highest BCUT2D eigenvalue weighted by molar-refractivity contribution is 6.13. The minimum atomic E-state index is -2.06. The molecule has 4 aliphatic rings. The Labute approximate surface area is 454 Å². The van der Waals surface area contributed by atoms with Crippen molar-refractivity contribution in [2.24, 2.45) is 11.7 Å². The maximum atomic E-state index is 14.3. The van der Waals surface area contributed by atoms with Crippen LogP contribution < -0.4 is 47.4 Å². The van der Waals surface area contributed by atoms with Gasteiger partial charge in [-0.05, 0) is 56.3 Å². The molecule has 428 valence electrons. The Morgan fingerprint density at radius 3 is 2.13 bits per heavy atom. The van der Waals surface area contributed by atoms with Crippen molar-refractivity contribution in [1.82, 2.24) is 41.0 Å². The number of fused-ring (bicyclic) bond motifs is 6. The number of pyridine rings is 2. The van der Waals surface area contributed by atoms with E-state index in [1.807, 2.05) is 6.07 Å². The fourth-order valence-electron chi connectivity index (χ4n) is 9.26. The molecule has 6 heterocycles. The van der Waals surface area contributed by atoms with Gasteiger partial charge in [0, 0.05) is 67.2 Å². The van der Waals surface area contributed by atoms with Crippen molar-refractivity contribution in [3.63, 3.8) is 0 Å². The number of amides is 7. The van der Waals surface area contributed by atoms with Crippen LogP contribution in [0.3, 0.4) is 0 Å². The number of hydrogen-bond acceptors (Lipinski definition) is 19. The van der Waals surface area contributed by atoms with Gasteiger partial charge in [0.2, 0.25) is 36.3 Å². The van der Waals surface area contributed by atoms with Crippen molar-refractivity contribution in [3.05, 3.63) is 63.5 Å². The molecule has 0 bridgehead atoms. The van der Waals surface area contributed by atoms with Crippen molar-refractivity contribution in [3.8, 4) is 22.9 Å². The summed E-state index contributed by atoms with van der Waals surface area (Å²) in [6.45, 7) is 6.71. The number of cyclic esters (lactones) is 1. The summed E-state index contributed by atoms with van der Waals surface area (Å²) in [5, 5.41) is 25.7. The number of ether oxygens (including phenoxy) is 7. The van der Waals surface area contributed by atoms with E-state index >= 15 is 0 Å². The van der Waals surface area contributed by atoms with E-state index in [1.54, 1.807) is 39.0 Å². The molecule has 1 unspecified atom stereocenters. The van der Waals surface area contributed by atoms with Crippen LogP contribution in [0.15, 0.2) is 41.2 Å². The van der Waals surface area contributed by atoms with E-state index < -0.39 is 77.2 Å². The standard InChI is InChI=1S/C53H69N9O17/c1-4-53(72)35-25-38-48-33(23-32-24-40-41(79-30-78-40)26-37(32)58-48)39(62(38)51(70)34(35)29-77-52(53)71)27-56-44(65)28-57-49(68)36(7-5-6-12-54)59-50(69)47(31(2)3)60-43(64)11-15-73-17-19-75-21-22-76-20-18-74-16-13-55-42(63)10-14-61-45(66)8-9-46(61)67/h8-9,23-26,31,36,39,47,72H,4-7,10-22,27-30,54H2,1-3H3,(H,55,63)(H,56,65)(H,57,68)(H,59,69)(H,60,64)/t36-,39?,47-,53-/m0/s1. The monoisotopic (exact) mass is 1100 g/mol. The third kappa shape index (κ3) is 14.9. The Hall–Kier alpha value is -7.36. The number of nitrogens with zero attached hydrogens (tertiary/aromatic N) is 3. The van der Waals surface area contributed by atoms with Crippen LogP contribution in [0, 0.1) is 5.92 Å². The fraction of sp³-hybridized carbons (Fsp3) is 0.547. The third-order valence-corrected chi connectivity index (χ3v) is 13.6. The molecule has 1 aromatic carbocycles. The molecule has 0 radical (unpaired) electrons. The molecule has 7 rings (SSSR count). The molecule has 8 N–H and O–H groups in total. The first-order valence-corrected chi connectivity index (χ1v) is 26.4. The molecule has 0 spiro atoms. The summed E-state index contributed by atoms with van der Waals surface area (Å²) in [5.41, 5.74) is 5.16. The first-order valence-electron chi connectivity index (χ1n) is 26.4. The normalized spacial score (nSPS) is 17.5. The van der Waals surface area contributed by atoms with Gasteiger partial charge in [-0.1, -0.05) is 20.8 Å². The molecular formula is C53H69N9O17. The van der Waals surface area contributed by atoms with E-state index in [2.05, 4.69) is 26.6 Å². The Morgan fingerprint density at radius 2 is 1.46 bits per heavy atom. The van der Waals surface area contributed by atoms with Gasteiger partial charge in [-0.2, -0.15) is 0 Å². The predicted octanol–water partition coefficient (Wildman–Crippen LogP) is -0.776. The van der Waals surface area contributed by atoms with Crippen LogP contribution in [0.4, 0.5) is 0 Å². The fourth-order valence-corrected chi connectivity index (χ4v) is 9.26. The summed E-state index contributed by atoms with van der Waals surface area (Å²) in [4.78, 5) is 122. The lowest BCUT2D eigenvalue weighted by atomic mass is 9.86. The van der Waals surface area contributed by atoms with E-state index in [0.29, 0.717) is 85.2 Å². The Bertz CT molecular complexity index is 2840. The molecule has 0 fully saturated rings. The van der Waals surface area contributed by atoms with Gasteiger partial charge in [0.05, 0.1) is 87.9 Å². The largest absolute Gasteiger partial charge is 0.458 e. The number of nitrogens with one attached hydrogen (secondary N) is 5. The highest BCUT2D eigenvalue weighted by Crippen LogP contribution is 2.44. The van der Waals surface area contributed by atoms with Crippen molar-refractivity contribution in [2.75, 3.05) is 92.4 Å². The van der Waals surface area contributed by atoms with Crippen LogP contribution in [-0.2, 0) is 74.2 Å². The number of carbonyl (C=O) groups is 8. The van der Waals surface area contributed by atoms with E-state index in [0.717, 1.165) is 4.90 Å². The molecule has 4 atom stereocenters. The van der Waals surface area contributed by atoms with Gasteiger partial charge in [-0.3, -0.25) is 47.8 Å². The summed E-state index contributed by atoms with van der Waals surface area (Å²) in [6, 6.07) is 3.98. The molecule has 4 aliphatic heterocycles. The summed E-state index contributed by atoms with van der Waals surface area (Å²) < 4.78 is 39.8. The second-order valence-electron chi connectivity index (χ2n) is 19.3. The van der Waals surface area contributed by atoms with Crippen molar-refractivity contribution < 1.29 is 76.6 Å². The van der Waals surface area contributed by atoms with Gasteiger partial charge in [-0.25, -0.2) is 9.78 Å². The number of rotatable bonds is 32. The number of esters is 1. The molecular weight excluding hydrogens is 1030 g/mol. The van der Waals surface area contributed by atoms with Crippen molar-refractivity contribution in [1.29, 1.82) is 0 Å². The summed E-state index contributed by atoms with van der Waals surface area (Å²) in [6.07, 6.45) is 3.45. The molecule has 26 nitrogen and oxygen atoms in total. The van der Waals surface area contributed by atoms with Crippen LogP contribution in [0.1, 0.15) is 82.0 Å². The highest BCUT2D eigenvalue weighted by atomic mass is 16.7. The van der Waals surface area contributed by atoms with E-state index in [1.165, 1.54) is 16.7 Å². The first kappa shape index (κ1) is 59.3. The maximum absolute atomic E-state index is 14.3. The number of unbranched alkanes of at least 4 members (excludes halogenated alkanes) is 1. The van der Waals surface area contributed by atoms with Gasteiger partial charge in [0.1, 0.15) is 18.7 Å². The average molecular weight is 1100 g/mol. The minimum Gasteiger partial charge on any atom is -0.458 e. The van der Waals surface area contributed by atoms with Crippen LogP contribution in [0.25, 0.3) is 22.3 Å². The van der Waals surface area contributed by atoms with E-state index in [4.69, 9.17) is 43.9 Å². The number of hydrogen-bond donors (Lipinski definition) is 7. The topological polar surface area (TPSA) is 346 Å². The first-order chi connectivity index (χ1) is 38.0. The minimum absolute atomic E-state index is 0.00147. The maximum Gasteiger partial charge on any atom is 0.343 e. The smallest absolute Gasteiger partial charge is 0.343 e. The molecule has 7 amide bonds. The molecule has 2 aromatic heterocycles. The zero-order chi connectivity index (χ0) is 56.6. The second-order valence-corrected chi connectivity index (χ2v) is 19.3. The number of imide groups is 1. The second kappa shape index (κ2) is 28.0. The Balaban J connectivity index is 0.824. The van der Waals surface area contributed by atoms with Crippen LogP contribution in [0.2, 0.25) is 0 Å². The van der Waals surface area contributed by atoms with Gasteiger partial charge in [0.15, 0.2) is 17.1 Å². The highest BCUT2D eigenvalue weighted by Gasteiger charge is 2.46. The Kier molecular flexibility index (Phi) is 21.0. The van der Waals surface area contributed by atoms with Gasteiger partial charge in [0.25, 0.3) is 17.4 Å². The number of benzene rings is 1. The third-order valence-electron chi connectivity index (χ3n) is 13.6. The van der Waals surface area contributed by atoms with Gasteiger partial charge in [-0.15, -0.1) is 0 Å². The number of nitrogens with two attached hydrogens (primary N) is 1. The number of aromatic nitrogens is 2. The van der Waals surface area contributed by atoms with Crippen molar-refractivity contribution in [2.45, 2.75) is 89.6 Å². The SMILES string of the molecule is CC[C@@]1(O)C(=O)OCc2c1cc1n(c2=O)C(CNC(=O)CNC(=O)[C@H](CCCCN)NC(=O)[C@@H](NC(=O)CCOCCOCCOCCOCCNC(=O)CCN2C(=O)C=CC2=O)C(C)C)c2cc3cc4c(cc3nc2-1)OCO4. The van der Waals surface area contributed by atoms with Crippen LogP contribution >= 0.6 is 0 Å². The van der Waals surface area contributed by atoms with Gasteiger partial charge < -0.3 is 70.6 Å². The lowest BCUT2D eigenvalue weighted by Crippen LogP contribution is -2.56. The van der Waals surface area contributed by atoms with Gasteiger partial charge >= 0.3 is 5.97 Å². The van der Waals surface area contributed by atoms with E-state index in [-0.39, 0.29) is 108 Å². The lowest BCUT2D eigenvalue weighted by molar-refractivity contribution is -0.172. The molecule has 26 heteroatoms. The summed E-state index contributed by atoms with van der Waals surface area (Å²) >= 11 is 0. The quantitative estimate of drug-likeness (QED) is 0.0229. The van der Waals surface area contributed by atoms with E-state index in [9.17, 15) is 48.3 Å². The average Bonchev–Trinajstić information content (AvgIpc) is 4.13. The zero-order valence-electron chi connectivity index (χ0n) is 44.5. The molecule has 79 heavy (non-hydrogen) atoms. The molecule has 0 saturated heterocycles. The number of aliphatic hydroxyl groups is 1. The van der Waals surface area contributed by atoms with Crippen molar-refractivity contribution >= 4 is 58.2 Å². The predicted molar refractivity (Wildman–Crippen MR) is 279 cm³/mol.